The standard InChI is InChI=1S/C35H41N5O6/c1-5-44-32(41)28(38-33(42)46-35(2,3)4)22-24-16-18-26(19-17-24)40-30-27(14-11-20-36-30)37-31(40)29-15-9-10-21-39(29)34(43)45-23-25-12-7-6-8-13-25/h6-8,11-14,16-20,28-29H,5,9-10,15,21-23H2,1-4H3,(H,38,42)/t28-,29+/m0/s1. The van der Waals surface area contributed by atoms with Gasteiger partial charge in [-0.2, -0.15) is 0 Å². The Kier molecular flexibility index (Phi) is 10.2. The van der Waals surface area contributed by atoms with Crippen molar-refractivity contribution in [2.75, 3.05) is 13.2 Å². The van der Waals surface area contributed by atoms with Crippen LogP contribution in [0.15, 0.2) is 72.9 Å². The Morgan fingerprint density at radius 2 is 1.72 bits per heavy atom. The number of hydrogen-bond acceptors (Lipinski definition) is 8. The van der Waals surface area contributed by atoms with Gasteiger partial charge in [-0.1, -0.05) is 42.5 Å². The number of piperidine rings is 1. The molecule has 1 N–H and O–H groups in total. The van der Waals surface area contributed by atoms with E-state index in [1.54, 1.807) is 38.8 Å². The summed E-state index contributed by atoms with van der Waals surface area (Å²) in [6.07, 6.45) is 3.42. The van der Waals surface area contributed by atoms with Gasteiger partial charge in [0.2, 0.25) is 0 Å². The first-order valence-electron chi connectivity index (χ1n) is 15.7. The Bertz CT molecular complexity index is 1650. The number of pyridine rings is 1. The third kappa shape index (κ3) is 8.01. The zero-order valence-corrected chi connectivity index (χ0v) is 26.8. The Labute approximate surface area is 268 Å². The number of aromatic nitrogens is 3. The summed E-state index contributed by atoms with van der Waals surface area (Å²) >= 11 is 0. The van der Waals surface area contributed by atoms with Gasteiger partial charge in [-0.15, -0.1) is 0 Å². The number of carbonyl (C=O) groups is 3. The lowest BCUT2D eigenvalue weighted by Gasteiger charge is -2.34. The van der Waals surface area contributed by atoms with Gasteiger partial charge in [0.25, 0.3) is 0 Å². The van der Waals surface area contributed by atoms with Crippen molar-refractivity contribution < 1.29 is 28.6 Å². The molecular formula is C35H41N5O6. The summed E-state index contributed by atoms with van der Waals surface area (Å²) in [7, 11) is 0. The highest BCUT2D eigenvalue weighted by Crippen LogP contribution is 2.34. The first kappa shape index (κ1) is 32.5. The topological polar surface area (TPSA) is 125 Å². The number of amides is 2. The minimum absolute atomic E-state index is 0.186. The number of ether oxygens (including phenoxy) is 3. The molecule has 0 radical (unpaired) electrons. The van der Waals surface area contributed by atoms with Crippen molar-refractivity contribution in [3.8, 4) is 5.69 Å². The van der Waals surface area contributed by atoms with Crippen molar-refractivity contribution >= 4 is 29.3 Å². The average Bonchev–Trinajstić information content (AvgIpc) is 3.43. The summed E-state index contributed by atoms with van der Waals surface area (Å²) in [5.41, 5.74) is 3.21. The fourth-order valence-corrected chi connectivity index (χ4v) is 5.53. The van der Waals surface area contributed by atoms with Crippen LogP contribution in [-0.2, 0) is 32.0 Å². The Morgan fingerprint density at radius 3 is 2.43 bits per heavy atom. The maximum Gasteiger partial charge on any atom is 0.410 e. The number of nitrogens with zero attached hydrogens (tertiary/aromatic N) is 4. The van der Waals surface area contributed by atoms with Crippen LogP contribution < -0.4 is 5.32 Å². The van der Waals surface area contributed by atoms with Gasteiger partial charge >= 0.3 is 18.2 Å². The molecule has 11 nitrogen and oxygen atoms in total. The molecule has 242 valence electrons. The summed E-state index contributed by atoms with van der Waals surface area (Å²) in [6, 6.07) is 19.8. The van der Waals surface area contributed by atoms with Gasteiger partial charge in [0.05, 0.1) is 12.6 Å². The SMILES string of the molecule is CCOC(=O)[C@H](Cc1ccc(-n2c([C@H]3CCCCN3C(=O)OCc3ccccc3)nc3cccnc32)cc1)NC(=O)OC(C)(C)C. The van der Waals surface area contributed by atoms with Crippen LogP contribution in [0.1, 0.15) is 70.0 Å². The van der Waals surface area contributed by atoms with E-state index in [2.05, 4.69) is 10.3 Å². The monoisotopic (exact) mass is 627 g/mol. The van der Waals surface area contributed by atoms with Crippen LogP contribution in [0, 0.1) is 0 Å². The molecule has 1 fully saturated rings. The van der Waals surface area contributed by atoms with Crippen LogP contribution in [0.5, 0.6) is 0 Å². The van der Waals surface area contributed by atoms with Crippen LogP contribution in [-0.4, -0.2) is 62.4 Å². The van der Waals surface area contributed by atoms with Gasteiger partial charge < -0.3 is 19.5 Å². The third-order valence-corrected chi connectivity index (χ3v) is 7.58. The van der Waals surface area contributed by atoms with E-state index < -0.39 is 23.7 Å². The Hall–Kier alpha value is -4.93. The second kappa shape index (κ2) is 14.4. The van der Waals surface area contributed by atoms with E-state index in [1.165, 1.54) is 0 Å². The lowest BCUT2D eigenvalue weighted by molar-refractivity contribution is -0.145. The van der Waals surface area contributed by atoms with Crippen molar-refractivity contribution in [3.63, 3.8) is 0 Å². The third-order valence-electron chi connectivity index (χ3n) is 7.58. The second-order valence-electron chi connectivity index (χ2n) is 12.2. The molecule has 2 aromatic heterocycles. The highest BCUT2D eigenvalue weighted by atomic mass is 16.6. The van der Waals surface area contributed by atoms with Crippen molar-refractivity contribution in [3.05, 3.63) is 89.9 Å². The molecule has 46 heavy (non-hydrogen) atoms. The summed E-state index contributed by atoms with van der Waals surface area (Å²) in [6.45, 7) is 7.93. The normalized spacial score (nSPS) is 15.7. The first-order chi connectivity index (χ1) is 22.1. The van der Waals surface area contributed by atoms with Crippen LogP contribution in [0.3, 0.4) is 0 Å². The molecule has 1 saturated heterocycles. The number of rotatable bonds is 9. The average molecular weight is 628 g/mol. The minimum Gasteiger partial charge on any atom is -0.464 e. The van der Waals surface area contributed by atoms with Gasteiger partial charge in [0.15, 0.2) is 5.65 Å². The zero-order chi connectivity index (χ0) is 32.7. The first-order valence-corrected chi connectivity index (χ1v) is 15.7. The molecule has 4 aromatic rings. The molecule has 2 atom stereocenters. The number of alkyl carbamates (subject to hydrolysis) is 1. The molecule has 5 rings (SSSR count). The van der Waals surface area contributed by atoms with E-state index in [0.29, 0.717) is 23.5 Å². The van der Waals surface area contributed by atoms with E-state index in [9.17, 15) is 14.4 Å². The summed E-state index contributed by atoms with van der Waals surface area (Å²) in [4.78, 5) is 50.0. The number of carbonyl (C=O) groups excluding carboxylic acids is 3. The largest absolute Gasteiger partial charge is 0.464 e. The number of hydrogen-bond donors (Lipinski definition) is 1. The van der Waals surface area contributed by atoms with E-state index >= 15 is 0 Å². The molecule has 1 aliphatic heterocycles. The maximum atomic E-state index is 13.4. The van der Waals surface area contributed by atoms with E-state index in [-0.39, 0.29) is 31.8 Å². The lowest BCUT2D eigenvalue weighted by atomic mass is 10.0. The van der Waals surface area contributed by atoms with E-state index in [0.717, 1.165) is 36.1 Å². The molecule has 3 heterocycles. The molecular weight excluding hydrogens is 586 g/mol. The smallest absolute Gasteiger partial charge is 0.410 e. The second-order valence-corrected chi connectivity index (χ2v) is 12.2. The van der Waals surface area contributed by atoms with Crippen molar-refractivity contribution in [2.45, 2.75) is 77.7 Å². The van der Waals surface area contributed by atoms with Crippen molar-refractivity contribution in [2.24, 2.45) is 0 Å². The molecule has 0 unspecified atom stereocenters. The summed E-state index contributed by atoms with van der Waals surface area (Å²) in [5.74, 6) is 0.162. The number of fused-ring (bicyclic) bond motifs is 1. The Morgan fingerprint density at radius 1 is 0.957 bits per heavy atom. The molecule has 0 aliphatic carbocycles. The number of benzene rings is 2. The fourth-order valence-electron chi connectivity index (χ4n) is 5.53. The lowest BCUT2D eigenvalue weighted by Crippen LogP contribution is -2.45. The van der Waals surface area contributed by atoms with Gasteiger partial charge in [-0.3, -0.25) is 9.47 Å². The summed E-state index contributed by atoms with van der Waals surface area (Å²) < 4.78 is 18.3. The van der Waals surface area contributed by atoms with Crippen LogP contribution in [0.2, 0.25) is 0 Å². The molecule has 2 aromatic carbocycles. The van der Waals surface area contributed by atoms with Crippen molar-refractivity contribution in [1.82, 2.24) is 24.8 Å². The predicted octanol–water partition coefficient (Wildman–Crippen LogP) is 6.28. The predicted molar refractivity (Wildman–Crippen MR) is 172 cm³/mol. The summed E-state index contributed by atoms with van der Waals surface area (Å²) in [5, 5.41) is 2.65. The van der Waals surface area contributed by atoms with Crippen molar-refractivity contribution in [1.29, 1.82) is 0 Å². The Balaban J connectivity index is 1.41. The number of esters is 1. The van der Waals surface area contributed by atoms with Crippen LogP contribution >= 0.6 is 0 Å². The highest BCUT2D eigenvalue weighted by molar-refractivity contribution is 5.82. The molecule has 0 bridgehead atoms. The van der Waals surface area contributed by atoms with Crippen LogP contribution in [0.4, 0.5) is 9.59 Å². The molecule has 0 spiro atoms. The molecule has 2 amide bonds. The van der Waals surface area contributed by atoms with E-state index in [1.807, 2.05) is 71.3 Å². The maximum absolute atomic E-state index is 13.4. The zero-order valence-electron chi connectivity index (χ0n) is 26.8. The minimum atomic E-state index is -0.926. The van der Waals surface area contributed by atoms with Gasteiger partial charge in [0, 0.05) is 24.8 Å². The van der Waals surface area contributed by atoms with E-state index in [4.69, 9.17) is 19.2 Å². The van der Waals surface area contributed by atoms with Gasteiger partial charge in [0.1, 0.15) is 29.6 Å². The molecule has 11 heteroatoms. The van der Waals surface area contributed by atoms with Gasteiger partial charge in [-0.25, -0.2) is 24.4 Å². The molecule has 1 aliphatic rings. The number of nitrogens with one attached hydrogen (secondary N) is 1. The van der Waals surface area contributed by atoms with Gasteiger partial charge in [-0.05, 0) is 82.3 Å². The fraction of sp³-hybridized carbons (Fsp3) is 0.400. The highest BCUT2D eigenvalue weighted by Gasteiger charge is 2.34. The quantitative estimate of drug-likeness (QED) is 0.170. The van der Waals surface area contributed by atoms with Crippen LogP contribution in [0.25, 0.3) is 16.9 Å². The number of imidazole rings is 1. The molecule has 0 saturated carbocycles. The number of likely N-dealkylation sites (tertiary alicyclic amines) is 1.